The molecule has 12 nitrogen and oxygen atoms in total. The van der Waals surface area contributed by atoms with Crippen molar-refractivity contribution in [1.29, 1.82) is 0 Å². The van der Waals surface area contributed by atoms with Crippen LogP contribution in [0.25, 0.3) is 44.5 Å². The average Bonchev–Trinajstić information content (AvgIpc) is 3.83. The second-order valence-electron chi connectivity index (χ2n) is 16.0. The highest BCUT2D eigenvalue weighted by Gasteiger charge is 2.30. The summed E-state index contributed by atoms with van der Waals surface area (Å²) in [4.78, 5) is 48.1. The predicted molar refractivity (Wildman–Crippen MR) is 235 cm³/mol. The minimum Gasteiger partial charge on any atom is -0.496 e. The Morgan fingerprint density at radius 1 is 0.867 bits per heavy atom. The molecule has 0 spiro atoms. The first-order chi connectivity index (χ1) is 28.7. The molecular formula is C45H47Cl3N6O6. The maximum atomic E-state index is 13.4. The molecule has 2 aliphatic rings. The average molecular weight is 874 g/mol. The standard InChI is InChI=1S/C45H47Cl3N6O6/c1-45(2,3)60-44(57)54(24-29-12-16-38(56)52-29)23-26-10-9-25(20-36(26)58-4)41-40(48)31(17-18-50-41)30-7-6-8-32(39(30)47)35-14-13-33-42(53-35)34(46)19-27(43(33)59-5)21-49-22-28-11-15-37(55)51-28/h6-10,13-14,17-20,28-29,49H,11-12,15-16,21-24H2,1-5H3,(H,51,55)(H,52,56)/t28-,29-/m0/s1. The number of hydrogen-bond donors (Lipinski definition) is 3. The number of benzene rings is 3. The number of aromatic nitrogens is 2. The highest BCUT2D eigenvalue weighted by atomic mass is 35.5. The number of carbonyl (C=O) groups is 3. The molecule has 2 atom stereocenters. The van der Waals surface area contributed by atoms with Crippen LogP contribution in [0.2, 0.25) is 15.1 Å². The largest absolute Gasteiger partial charge is 0.496 e. The molecule has 3 amide bonds. The SMILES string of the molecule is COc1cc(-c2nccc(-c3cccc(-c4ccc5c(OC)c(CNC[C@@H]6CCC(=O)N6)cc(Cl)c5n4)c3Cl)c2Cl)ccc1CN(C[C@@H]1CCC(=O)N1)C(=O)OC(C)(C)C. The monoisotopic (exact) mass is 872 g/mol. The van der Waals surface area contributed by atoms with Crippen LogP contribution in [0, 0.1) is 0 Å². The van der Waals surface area contributed by atoms with Gasteiger partial charge in [0, 0.05) is 89.5 Å². The molecule has 0 radical (unpaired) electrons. The van der Waals surface area contributed by atoms with Crippen LogP contribution in [-0.4, -0.2) is 77.8 Å². The molecule has 3 aromatic carbocycles. The first-order valence-corrected chi connectivity index (χ1v) is 20.9. The maximum absolute atomic E-state index is 13.4. The first kappa shape index (κ1) is 43.0. The Bertz CT molecular complexity index is 2460. The van der Waals surface area contributed by atoms with Crippen molar-refractivity contribution in [3.05, 3.63) is 93.1 Å². The van der Waals surface area contributed by atoms with Crippen LogP contribution in [0.3, 0.4) is 0 Å². The van der Waals surface area contributed by atoms with Crippen molar-refractivity contribution >= 4 is 63.6 Å². The van der Waals surface area contributed by atoms with E-state index in [-0.39, 0.29) is 30.4 Å². The number of carbonyl (C=O) groups excluding carboxylic acids is 3. The third kappa shape index (κ3) is 9.57. The number of halogens is 3. The number of amides is 3. The molecule has 2 aliphatic heterocycles. The van der Waals surface area contributed by atoms with Gasteiger partial charge in [-0.3, -0.25) is 14.6 Å². The van der Waals surface area contributed by atoms with Crippen LogP contribution in [0.1, 0.15) is 57.6 Å². The molecule has 60 heavy (non-hydrogen) atoms. The topological polar surface area (TPSA) is 144 Å². The molecule has 0 bridgehead atoms. The third-order valence-electron chi connectivity index (χ3n) is 10.5. The van der Waals surface area contributed by atoms with Gasteiger partial charge in [-0.1, -0.05) is 65.1 Å². The zero-order valence-corrected chi connectivity index (χ0v) is 36.4. The van der Waals surface area contributed by atoms with Gasteiger partial charge in [-0.05, 0) is 63.9 Å². The molecule has 2 fully saturated rings. The van der Waals surface area contributed by atoms with Crippen molar-refractivity contribution in [3.8, 4) is 45.1 Å². The van der Waals surface area contributed by atoms with Crippen LogP contribution in [0.5, 0.6) is 11.5 Å². The second kappa shape index (κ2) is 18.2. The van der Waals surface area contributed by atoms with E-state index in [1.54, 1.807) is 25.3 Å². The number of hydrogen-bond acceptors (Lipinski definition) is 9. The highest BCUT2D eigenvalue weighted by molar-refractivity contribution is 6.39. The van der Waals surface area contributed by atoms with E-state index >= 15 is 0 Å². The lowest BCUT2D eigenvalue weighted by molar-refractivity contribution is -0.120. The molecule has 15 heteroatoms. The van der Waals surface area contributed by atoms with Crippen molar-refractivity contribution < 1.29 is 28.6 Å². The van der Waals surface area contributed by atoms with E-state index in [0.717, 1.165) is 22.9 Å². The number of methoxy groups -OCH3 is 2. The molecule has 5 aromatic rings. The van der Waals surface area contributed by atoms with Gasteiger partial charge in [0.2, 0.25) is 11.8 Å². The normalized spacial score (nSPS) is 16.5. The molecule has 0 saturated carbocycles. The first-order valence-electron chi connectivity index (χ1n) is 19.8. The fraction of sp³-hybridized carbons (Fsp3) is 0.356. The van der Waals surface area contributed by atoms with E-state index in [2.05, 4.69) is 20.9 Å². The molecule has 0 unspecified atom stereocenters. The Morgan fingerprint density at radius 2 is 1.58 bits per heavy atom. The quantitative estimate of drug-likeness (QED) is 0.106. The lowest BCUT2D eigenvalue weighted by Crippen LogP contribution is -2.43. The van der Waals surface area contributed by atoms with Gasteiger partial charge in [-0.2, -0.15) is 0 Å². The summed E-state index contributed by atoms with van der Waals surface area (Å²) in [7, 11) is 3.19. The minimum absolute atomic E-state index is 0.0326. The number of fused-ring (bicyclic) bond motifs is 1. The molecule has 4 heterocycles. The van der Waals surface area contributed by atoms with Gasteiger partial charge in [0.25, 0.3) is 0 Å². The molecule has 2 saturated heterocycles. The zero-order valence-electron chi connectivity index (χ0n) is 34.1. The molecule has 0 aliphatic carbocycles. The van der Waals surface area contributed by atoms with Crippen LogP contribution in [0.15, 0.2) is 66.9 Å². The van der Waals surface area contributed by atoms with Crippen molar-refractivity contribution in [2.24, 2.45) is 0 Å². The summed E-state index contributed by atoms with van der Waals surface area (Å²) in [5.74, 6) is 1.24. The van der Waals surface area contributed by atoms with E-state index < -0.39 is 11.7 Å². The Kier molecular flexibility index (Phi) is 13.1. The van der Waals surface area contributed by atoms with E-state index in [1.165, 1.54) is 0 Å². The number of nitrogens with one attached hydrogen (secondary N) is 3. The Balaban J connectivity index is 1.15. The zero-order chi connectivity index (χ0) is 42.7. The van der Waals surface area contributed by atoms with Crippen LogP contribution < -0.4 is 25.4 Å². The van der Waals surface area contributed by atoms with Crippen molar-refractivity contribution in [2.45, 2.75) is 77.2 Å². The lowest BCUT2D eigenvalue weighted by atomic mass is 9.98. The molecule has 2 aromatic heterocycles. The molecule has 3 N–H and O–H groups in total. The van der Waals surface area contributed by atoms with Gasteiger partial charge < -0.3 is 35.1 Å². The maximum Gasteiger partial charge on any atom is 0.410 e. The molecular weight excluding hydrogens is 827 g/mol. The van der Waals surface area contributed by atoms with E-state index in [4.69, 9.17) is 54.0 Å². The van der Waals surface area contributed by atoms with Gasteiger partial charge in [0.1, 0.15) is 17.1 Å². The Hall–Kier alpha value is -5.14. The van der Waals surface area contributed by atoms with Gasteiger partial charge in [-0.25, -0.2) is 9.78 Å². The Labute approximate surface area is 364 Å². The van der Waals surface area contributed by atoms with E-state index in [9.17, 15) is 14.4 Å². The number of rotatable bonds is 13. The summed E-state index contributed by atoms with van der Waals surface area (Å²) in [5.41, 5.74) is 5.34. The third-order valence-corrected chi connectivity index (χ3v) is 11.6. The summed E-state index contributed by atoms with van der Waals surface area (Å²) in [6, 6.07) is 18.7. The van der Waals surface area contributed by atoms with Gasteiger partial charge >= 0.3 is 6.09 Å². The summed E-state index contributed by atoms with van der Waals surface area (Å²) in [5, 5.41) is 11.4. The molecule has 314 valence electrons. The van der Waals surface area contributed by atoms with E-state index in [1.807, 2.05) is 81.4 Å². The van der Waals surface area contributed by atoms with Crippen molar-refractivity contribution in [3.63, 3.8) is 0 Å². The van der Waals surface area contributed by atoms with Crippen molar-refractivity contribution in [2.75, 3.05) is 27.3 Å². The predicted octanol–water partition coefficient (Wildman–Crippen LogP) is 8.99. The van der Waals surface area contributed by atoms with Crippen LogP contribution in [-0.2, 0) is 27.4 Å². The smallest absolute Gasteiger partial charge is 0.410 e. The number of pyridine rings is 2. The van der Waals surface area contributed by atoms with Crippen LogP contribution >= 0.6 is 34.8 Å². The summed E-state index contributed by atoms with van der Waals surface area (Å²) in [6.45, 7) is 7.07. The van der Waals surface area contributed by atoms with Gasteiger partial charge in [0.15, 0.2) is 0 Å². The highest BCUT2D eigenvalue weighted by Crippen LogP contribution is 2.43. The second-order valence-corrected chi connectivity index (χ2v) is 17.1. The number of nitrogens with zero attached hydrogens (tertiary/aromatic N) is 3. The van der Waals surface area contributed by atoms with Crippen LogP contribution in [0.4, 0.5) is 4.79 Å². The number of ether oxygens (including phenoxy) is 3. The summed E-state index contributed by atoms with van der Waals surface area (Å²) in [6.07, 6.45) is 3.60. The fourth-order valence-electron chi connectivity index (χ4n) is 7.65. The Morgan fingerprint density at radius 3 is 2.27 bits per heavy atom. The summed E-state index contributed by atoms with van der Waals surface area (Å²) < 4.78 is 17.4. The lowest BCUT2D eigenvalue weighted by Gasteiger charge is -2.29. The summed E-state index contributed by atoms with van der Waals surface area (Å²) >= 11 is 21.2. The van der Waals surface area contributed by atoms with E-state index in [0.29, 0.717) is 105 Å². The van der Waals surface area contributed by atoms with Crippen molar-refractivity contribution in [1.82, 2.24) is 30.8 Å². The van der Waals surface area contributed by atoms with Gasteiger partial charge in [0.05, 0.1) is 52.7 Å². The molecule has 7 rings (SSSR count). The fourth-order valence-corrected chi connectivity index (χ4v) is 8.57. The van der Waals surface area contributed by atoms with Gasteiger partial charge in [-0.15, -0.1) is 0 Å². The minimum atomic E-state index is -0.702.